The summed E-state index contributed by atoms with van der Waals surface area (Å²) in [4.78, 5) is 11.1. The van der Waals surface area contributed by atoms with E-state index in [2.05, 4.69) is 0 Å². The van der Waals surface area contributed by atoms with Crippen LogP contribution in [0.2, 0.25) is 0 Å². The fraction of sp³-hybridized carbons (Fsp3) is 1.00. The molecule has 0 aliphatic rings. The number of aliphatic hydroxyl groups is 1. The molecule has 4 nitrogen and oxygen atoms in total. The van der Waals surface area contributed by atoms with Crippen molar-refractivity contribution in [2.45, 2.75) is 26.7 Å². The number of rotatable bonds is 7. The average molecular weight is 209 g/mol. The van der Waals surface area contributed by atoms with Crippen molar-refractivity contribution in [3.05, 3.63) is 0 Å². The second kappa shape index (κ2) is 6.55. The molecule has 1 unspecified atom stereocenters. The van der Waals surface area contributed by atoms with Crippen molar-refractivity contribution in [1.82, 2.24) is 4.90 Å². The Labute approximate surface area is 80.0 Å². The molecule has 2 N–H and O–H groups in total. The van der Waals surface area contributed by atoms with Crippen LogP contribution in [0.4, 0.5) is 0 Å². The molecule has 0 aliphatic heterocycles. The summed E-state index contributed by atoms with van der Waals surface area (Å²) < 4.78 is 11.2. The SMILES string of the molecule is CCCN(CCC)CP(=O)(O)CO. The van der Waals surface area contributed by atoms with Gasteiger partial charge in [0.25, 0.3) is 0 Å². The normalized spacial score (nSPS) is 16.1. The maximum absolute atomic E-state index is 11.2. The molecule has 1 atom stereocenters. The quantitative estimate of drug-likeness (QED) is 0.620. The van der Waals surface area contributed by atoms with Gasteiger partial charge >= 0.3 is 0 Å². The van der Waals surface area contributed by atoms with E-state index in [1.54, 1.807) is 0 Å². The van der Waals surface area contributed by atoms with E-state index in [0.29, 0.717) is 0 Å². The Bertz CT molecular complexity index is 169. The van der Waals surface area contributed by atoms with Gasteiger partial charge < -0.3 is 10.00 Å². The molecule has 0 bridgehead atoms. The summed E-state index contributed by atoms with van der Waals surface area (Å²) >= 11 is 0. The summed E-state index contributed by atoms with van der Waals surface area (Å²) in [5, 5.41) is 8.64. The molecule has 0 saturated carbocycles. The zero-order chi connectivity index (χ0) is 10.3. The van der Waals surface area contributed by atoms with Gasteiger partial charge in [0.1, 0.15) is 6.35 Å². The third-order valence-corrected chi connectivity index (χ3v) is 3.01. The Morgan fingerprint density at radius 1 is 1.23 bits per heavy atom. The van der Waals surface area contributed by atoms with Gasteiger partial charge in [-0.2, -0.15) is 0 Å². The van der Waals surface area contributed by atoms with Gasteiger partial charge in [0.05, 0.1) is 6.29 Å². The van der Waals surface area contributed by atoms with E-state index in [-0.39, 0.29) is 6.29 Å². The minimum Gasteiger partial charge on any atom is -0.386 e. The molecule has 5 heteroatoms. The highest BCUT2D eigenvalue weighted by atomic mass is 31.2. The summed E-state index contributed by atoms with van der Waals surface area (Å²) in [6, 6.07) is 0. The van der Waals surface area contributed by atoms with Gasteiger partial charge in [0.15, 0.2) is 0 Å². The molecule has 0 saturated heterocycles. The Kier molecular flexibility index (Phi) is 6.60. The van der Waals surface area contributed by atoms with E-state index in [1.807, 2.05) is 18.7 Å². The van der Waals surface area contributed by atoms with E-state index in [1.165, 1.54) is 0 Å². The van der Waals surface area contributed by atoms with Gasteiger partial charge in [0.2, 0.25) is 7.37 Å². The summed E-state index contributed by atoms with van der Waals surface area (Å²) in [6.45, 7) is 5.70. The zero-order valence-corrected chi connectivity index (χ0v) is 9.33. The van der Waals surface area contributed by atoms with Crippen molar-refractivity contribution < 1.29 is 14.6 Å². The lowest BCUT2D eigenvalue weighted by atomic mass is 10.4. The summed E-state index contributed by atoms with van der Waals surface area (Å²) in [5.41, 5.74) is 0. The smallest absolute Gasteiger partial charge is 0.238 e. The topological polar surface area (TPSA) is 60.8 Å². The maximum Gasteiger partial charge on any atom is 0.238 e. The van der Waals surface area contributed by atoms with E-state index >= 15 is 0 Å². The van der Waals surface area contributed by atoms with E-state index in [9.17, 15) is 9.46 Å². The van der Waals surface area contributed by atoms with Gasteiger partial charge in [-0.3, -0.25) is 9.46 Å². The van der Waals surface area contributed by atoms with Crippen LogP contribution in [0.15, 0.2) is 0 Å². The van der Waals surface area contributed by atoms with Gasteiger partial charge in [0, 0.05) is 0 Å². The lowest BCUT2D eigenvalue weighted by Gasteiger charge is -2.22. The van der Waals surface area contributed by atoms with Crippen molar-refractivity contribution in [2.24, 2.45) is 0 Å². The standard InChI is InChI=1S/C8H20NO3P/c1-3-5-9(6-4-2)7-13(11,12)8-10/h10H,3-8H2,1-2H3,(H,11,12). The van der Waals surface area contributed by atoms with Crippen molar-refractivity contribution in [3.63, 3.8) is 0 Å². The van der Waals surface area contributed by atoms with Crippen LogP contribution in [0.3, 0.4) is 0 Å². The number of hydrogen-bond acceptors (Lipinski definition) is 3. The molecule has 13 heavy (non-hydrogen) atoms. The van der Waals surface area contributed by atoms with Crippen LogP contribution in [0.1, 0.15) is 26.7 Å². The molecule has 0 radical (unpaired) electrons. The first-order valence-corrected chi connectivity index (χ1v) is 6.72. The van der Waals surface area contributed by atoms with Crippen LogP contribution in [-0.4, -0.2) is 40.6 Å². The summed E-state index contributed by atoms with van der Waals surface area (Å²) in [5.74, 6) is 0. The Balaban J connectivity index is 4.00. The highest BCUT2D eigenvalue weighted by molar-refractivity contribution is 7.57. The third kappa shape index (κ3) is 6.22. The third-order valence-electron chi connectivity index (χ3n) is 1.72. The minimum absolute atomic E-state index is 0.116. The van der Waals surface area contributed by atoms with Crippen LogP contribution in [0.25, 0.3) is 0 Å². The van der Waals surface area contributed by atoms with E-state index in [0.717, 1.165) is 25.9 Å². The molecule has 0 heterocycles. The van der Waals surface area contributed by atoms with Crippen molar-refractivity contribution in [1.29, 1.82) is 0 Å². The Morgan fingerprint density at radius 3 is 2.00 bits per heavy atom. The van der Waals surface area contributed by atoms with Gasteiger partial charge in [-0.1, -0.05) is 13.8 Å². The lowest BCUT2D eigenvalue weighted by Crippen LogP contribution is -2.27. The number of hydrogen-bond donors (Lipinski definition) is 2. The van der Waals surface area contributed by atoms with Crippen molar-refractivity contribution >= 4 is 7.37 Å². The zero-order valence-electron chi connectivity index (χ0n) is 8.44. The second-order valence-electron chi connectivity index (χ2n) is 3.25. The highest BCUT2D eigenvalue weighted by Crippen LogP contribution is 2.39. The lowest BCUT2D eigenvalue weighted by molar-refractivity contribution is 0.282. The first-order chi connectivity index (χ1) is 6.05. The largest absolute Gasteiger partial charge is 0.386 e. The van der Waals surface area contributed by atoms with Gasteiger partial charge in [-0.05, 0) is 25.9 Å². The molecule has 0 amide bonds. The summed E-state index contributed by atoms with van der Waals surface area (Å²) in [7, 11) is -3.31. The second-order valence-corrected chi connectivity index (χ2v) is 5.51. The molecule has 80 valence electrons. The number of nitrogens with zero attached hydrogens (tertiary/aromatic N) is 1. The van der Waals surface area contributed by atoms with Crippen LogP contribution in [0, 0.1) is 0 Å². The van der Waals surface area contributed by atoms with Crippen LogP contribution >= 0.6 is 7.37 Å². The molecular weight excluding hydrogens is 189 g/mol. The average Bonchev–Trinajstić information content (AvgIpc) is 2.05. The molecule has 0 fully saturated rings. The fourth-order valence-corrected chi connectivity index (χ4v) is 2.24. The first-order valence-electron chi connectivity index (χ1n) is 4.69. The summed E-state index contributed by atoms with van der Waals surface area (Å²) in [6.07, 6.45) is 1.43. The molecular formula is C8H20NO3P. The van der Waals surface area contributed by atoms with Gasteiger partial charge in [-0.25, -0.2) is 0 Å². The maximum atomic E-state index is 11.2. The predicted molar refractivity (Wildman–Crippen MR) is 53.9 cm³/mol. The van der Waals surface area contributed by atoms with Gasteiger partial charge in [-0.15, -0.1) is 0 Å². The van der Waals surface area contributed by atoms with Crippen LogP contribution < -0.4 is 0 Å². The van der Waals surface area contributed by atoms with Crippen molar-refractivity contribution in [2.75, 3.05) is 25.7 Å². The highest BCUT2D eigenvalue weighted by Gasteiger charge is 2.20. The molecule has 0 aliphatic carbocycles. The van der Waals surface area contributed by atoms with Crippen LogP contribution in [0.5, 0.6) is 0 Å². The van der Waals surface area contributed by atoms with Crippen LogP contribution in [-0.2, 0) is 4.57 Å². The first kappa shape index (κ1) is 13.1. The van der Waals surface area contributed by atoms with Crippen molar-refractivity contribution in [3.8, 4) is 0 Å². The molecule has 0 aromatic carbocycles. The molecule has 0 aromatic heterocycles. The molecule has 0 spiro atoms. The van der Waals surface area contributed by atoms with E-state index < -0.39 is 13.7 Å². The molecule has 0 rings (SSSR count). The Morgan fingerprint density at radius 2 is 1.69 bits per heavy atom. The molecule has 0 aromatic rings. The van der Waals surface area contributed by atoms with E-state index in [4.69, 9.17) is 5.11 Å². The Hall–Kier alpha value is 0.110. The monoisotopic (exact) mass is 209 g/mol. The number of aliphatic hydroxyl groups excluding tert-OH is 1. The fourth-order valence-electron chi connectivity index (χ4n) is 1.24. The minimum atomic E-state index is -3.31. The predicted octanol–water partition coefficient (Wildman–Crippen LogP) is 1.29.